The first-order valence-electron chi connectivity index (χ1n) is 5.68. The highest BCUT2D eigenvalue weighted by atomic mass is 16.5. The smallest absolute Gasteiger partial charge is 0.307 e. The molecule has 0 saturated carbocycles. The average molecular weight is 226 g/mol. The summed E-state index contributed by atoms with van der Waals surface area (Å²) in [5.41, 5.74) is 1.09. The van der Waals surface area contributed by atoms with E-state index in [1.807, 2.05) is 0 Å². The summed E-state index contributed by atoms with van der Waals surface area (Å²) in [6.07, 6.45) is 3.73. The number of hydrogen-bond donors (Lipinski definition) is 0. The van der Waals surface area contributed by atoms with Crippen LogP contribution in [0.25, 0.3) is 0 Å². The number of carbonyl (C=O) groups is 2. The fourth-order valence-electron chi connectivity index (χ4n) is 1.83. The second kappa shape index (κ2) is 6.30. The van der Waals surface area contributed by atoms with Crippen LogP contribution >= 0.6 is 0 Å². The van der Waals surface area contributed by atoms with E-state index in [0.717, 1.165) is 30.6 Å². The predicted octanol–water partition coefficient (Wildman–Crippen LogP) is 2.33. The van der Waals surface area contributed by atoms with Crippen molar-refractivity contribution in [3.05, 3.63) is 11.3 Å². The Morgan fingerprint density at radius 2 is 2.06 bits per heavy atom. The van der Waals surface area contributed by atoms with Gasteiger partial charge in [0.25, 0.3) is 0 Å². The molecule has 0 aromatic heterocycles. The molecule has 0 aromatic carbocycles. The summed E-state index contributed by atoms with van der Waals surface area (Å²) in [6.45, 7) is 3.60. The van der Waals surface area contributed by atoms with Crippen molar-refractivity contribution in [2.75, 3.05) is 6.61 Å². The first-order valence-corrected chi connectivity index (χ1v) is 5.68. The Bertz CT molecular complexity index is 304. The van der Waals surface area contributed by atoms with Crippen LogP contribution in [0.4, 0.5) is 0 Å². The van der Waals surface area contributed by atoms with Crippen LogP contribution in [-0.2, 0) is 19.1 Å². The van der Waals surface area contributed by atoms with Gasteiger partial charge in [0.1, 0.15) is 5.76 Å². The molecular weight excluding hydrogens is 208 g/mol. The Kier molecular flexibility index (Phi) is 5.02. The summed E-state index contributed by atoms with van der Waals surface area (Å²) in [7, 11) is 0. The molecule has 4 heteroatoms. The van der Waals surface area contributed by atoms with Crippen LogP contribution < -0.4 is 0 Å². The molecule has 1 aliphatic rings. The minimum atomic E-state index is -0.287. The zero-order chi connectivity index (χ0) is 12.0. The van der Waals surface area contributed by atoms with Crippen molar-refractivity contribution in [1.82, 2.24) is 0 Å². The lowest BCUT2D eigenvalue weighted by Crippen LogP contribution is -2.05. The van der Waals surface area contributed by atoms with Crippen molar-refractivity contribution in [3.63, 3.8) is 0 Å². The topological polar surface area (TPSA) is 52.6 Å². The molecule has 0 heterocycles. The van der Waals surface area contributed by atoms with Crippen LogP contribution in [0.15, 0.2) is 11.3 Å². The van der Waals surface area contributed by atoms with E-state index in [2.05, 4.69) is 0 Å². The molecule has 0 aromatic rings. The van der Waals surface area contributed by atoms with Gasteiger partial charge in [0.2, 0.25) is 0 Å². The molecule has 0 spiro atoms. The Hall–Kier alpha value is -1.32. The summed E-state index contributed by atoms with van der Waals surface area (Å²) in [5.74, 6) is 0.284. The van der Waals surface area contributed by atoms with Gasteiger partial charge in [0.05, 0.1) is 6.61 Å². The lowest BCUT2D eigenvalue weighted by atomic mass is 10.1. The van der Waals surface area contributed by atoms with Gasteiger partial charge in [-0.15, -0.1) is 0 Å². The standard InChI is InChI=1S/C12H18O4/c1-3-15-12(14)8-7-10-5-4-6-11(10)16-9(2)13/h3-8H2,1-2H3. The Balaban J connectivity index is 2.44. The third-order valence-corrected chi connectivity index (χ3v) is 2.48. The van der Waals surface area contributed by atoms with Crippen molar-refractivity contribution in [2.45, 2.75) is 46.0 Å². The van der Waals surface area contributed by atoms with Crippen molar-refractivity contribution < 1.29 is 19.1 Å². The predicted molar refractivity (Wildman–Crippen MR) is 58.5 cm³/mol. The molecule has 0 saturated heterocycles. The molecule has 0 radical (unpaired) electrons. The summed E-state index contributed by atoms with van der Waals surface area (Å²) in [4.78, 5) is 22.0. The fraction of sp³-hybridized carbons (Fsp3) is 0.667. The first-order chi connectivity index (χ1) is 7.63. The maximum Gasteiger partial charge on any atom is 0.307 e. The summed E-state index contributed by atoms with van der Waals surface area (Å²) < 4.78 is 9.95. The van der Waals surface area contributed by atoms with Gasteiger partial charge in [-0.3, -0.25) is 9.59 Å². The maximum absolute atomic E-state index is 11.2. The molecular formula is C12H18O4. The fourth-order valence-corrected chi connectivity index (χ4v) is 1.83. The molecule has 0 atom stereocenters. The van der Waals surface area contributed by atoms with Gasteiger partial charge in [-0.2, -0.15) is 0 Å². The van der Waals surface area contributed by atoms with Crippen LogP contribution in [0.3, 0.4) is 0 Å². The Morgan fingerprint density at radius 1 is 1.31 bits per heavy atom. The highest BCUT2D eigenvalue weighted by Gasteiger charge is 2.18. The summed E-state index contributed by atoms with van der Waals surface area (Å²) in [5, 5.41) is 0. The first kappa shape index (κ1) is 12.7. The zero-order valence-electron chi connectivity index (χ0n) is 9.88. The third-order valence-electron chi connectivity index (χ3n) is 2.48. The summed E-state index contributed by atoms with van der Waals surface area (Å²) in [6, 6.07) is 0. The molecule has 1 rings (SSSR count). The third kappa shape index (κ3) is 4.04. The number of allylic oxidation sites excluding steroid dienone is 2. The van der Waals surface area contributed by atoms with Gasteiger partial charge in [-0.1, -0.05) is 0 Å². The average Bonchev–Trinajstić information content (AvgIpc) is 2.62. The molecule has 0 amide bonds. The molecule has 0 bridgehead atoms. The SMILES string of the molecule is CCOC(=O)CCC1=C(OC(C)=O)CCC1. The van der Waals surface area contributed by atoms with Crippen molar-refractivity contribution >= 4 is 11.9 Å². The largest absolute Gasteiger partial charge is 0.466 e. The highest BCUT2D eigenvalue weighted by Crippen LogP contribution is 2.30. The van der Waals surface area contributed by atoms with E-state index >= 15 is 0 Å². The second-order valence-electron chi connectivity index (χ2n) is 3.78. The van der Waals surface area contributed by atoms with E-state index in [1.54, 1.807) is 6.92 Å². The minimum Gasteiger partial charge on any atom is -0.466 e. The van der Waals surface area contributed by atoms with Gasteiger partial charge < -0.3 is 9.47 Å². The Morgan fingerprint density at radius 3 is 2.69 bits per heavy atom. The molecule has 0 unspecified atom stereocenters. The molecule has 16 heavy (non-hydrogen) atoms. The highest BCUT2D eigenvalue weighted by molar-refractivity contribution is 5.70. The number of ether oxygens (including phenoxy) is 2. The number of esters is 2. The van der Waals surface area contributed by atoms with E-state index in [9.17, 15) is 9.59 Å². The maximum atomic E-state index is 11.2. The van der Waals surface area contributed by atoms with E-state index in [4.69, 9.17) is 9.47 Å². The van der Waals surface area contributed by atoms with E-state index in [0.29, 0.717) is 19.4 Å². The van der Waals surface area contributed by atoms with Gasteiger partial charge in [-0.05, 0) is 31.8 Å². The van der Waals surface area contributed by atoms with Crippen molar-refractivity contribution in [1.29, 1.82) is 0 Å². The lowest BCUT2D eigenvalue weighted by Gasteiger charge is -2.06. The molecule has 1 aliphatic carbocycles. The molecule has 90 valence electrons. The van der Waals surface area contributed by atoms with E-state index in [1.165, 1.54) is 6.92 Å². The molecule has 0 N–H and O–H groups in total. The van der Waals surface area contributed by atoms with Gasteiger partial charge >= 0.3 is 11.9 Å². The monoisotopic (exact) mass is 226 g/mol. The zero-order valence-corrected chi connectivity index (χ0v) is 9.88. The van der Waals surface area contributed by atoms with E-state index < -0.39 is 0 Å². The van der Waals surface area contributed by atoms with Crippen LogP contribution in [0.2, 0.25) is 0 Å². The van der Waals surface area contributed by atoms with Crippen LogP contribution in [0.1, 0.15) is 46.0 Å². The molecule has 4 nitrogen and oxygen atoms in total. The van der Waals surface area contributed by atoms with Crippen molar-refractivity contribution in [3.8, 4) is 0 Å². The molecule has 0 fully saturated rings. The van der Waals surface area contributed by atoms with Crippen LogP contribution in [0.5, 0.6) is 0 Å². The van der Waals surface area contributed by atoms with Crippen LogP contribution in [0, 0.1) is 0 Å². The summed E-state index contributed by atoms with van der Waals surface area (Å²) >= 11 is 0. The van der Waals surface area contributed by atoms with Crippen LogP contribution in [-0.4, -0.2) is 18.5 Å². The van der Waals surface area contributed by atoms with E-state index in [-0.39, 0.29) is 11.9 Å². The van der Waals surface area contributed by atoms with Gasteiger partial charge in [0.15, 0.2) is 0 Å². The number of rotatable bonds is 5. The quantitative estimate of drug-likeness (QED) is 0.675. The van der Waals surface area contributed by atoms with Gasteiger partial charge in [0, 0.05) is 19.8 Å². The van der Waals surface area contributed by atoms with Crippen molar-refractivity contribution in [2.24, 2.45) is 0 Å². The normalized spacial score (nSPS) is 15.1. The molecule has 0 aliphatic heterocycles. The Labute approximate surface area is 95.6 Å². The second-order valence-corrected chi connectivity index (χ2v) is 3.78. The van der Waals surface area contributed by atoms with Gasteiger partial charge in [-0.25, -0.2) is 0 Å². The number of hydrogen-bond acceptors (Lipinski definition) is 4. The lowest BCUT2D eigenvalue weighted by molar-refractivity contribution is -0.143. The number of carbonyl (C=O) groups excluding carboxylic acids is 2. The minimum absolute atomic E-state index is 0.191.